The Hall–Kier alpha value is -0.570. The summed E-state index contributed by atoms with van der Waals surface area (Å²) >= 11 is 0. The van der Waals surface area contributed by atoms with Crippen LogP contribution in [0.3, 0.4) is 0 Å². The zero-order chi connectivity index (χ0) is 8.27. The molecule has 0 radical (unpaired) electrons. The van der Waals surface area contributed by atoms with Gasteiger partial charge in [0.1, 0.15) is 0 Å². The van der Waals surface area contributed by atoms with Gasteiger partial charge in [-0.3, -0.25) is 4.79 Å². The molecule has 0 amide bonds. The molecule has 3 heteroatoms. The Kier molecular flexibility index (Phi) is 2.88. The van der Waals surface area contributed by atoms with Gasteiger partial charge in [0.05, 0.1) is 6.42 Å². The fraction of sp³-hybridized carbons (Fsp3) is 0.875. The van der Waals surface area contributed by atoms with Gasteiger partial charge in [0, 0.05) is 12.6 Å². The van der Waals surface area contributed by atoms with Crippen LogP contribution < -0.4 is 5.32 Å². The van der Waals surface area contributed by atoms with E-state index in [0.717, 1.165) is 5.92 Å². The third-order valence-electron chi connectivity index (χ3n) is 2.15. The van der Waals surface area contributed by atoms with Crippen LogP contribution in [-0.4, -0.2) is 23.7 Å². The fourth-order valence-electron chi connectivity index (χ4n) is 1.45. The summed E-state index contributed by atoms with van der Waals surface area (Å²) in [4.78, 5) is 10.1. The van der Waals surface area contributed by atoms with Crippen LogP contribution in [0.15, 0.2) is 0 Å². The van der Waals surface area contributed by atoms with Crippen molar-refractivity contribution in [2.24, 2.45) is 5.92 Å². The first-order valence-electron chi connectivity index (χ1n) is 4.13. The summed E-state index contributed by atoms with van der Waals surface area (Å²) in [5.41, 5.74) is 0. The molecule has 0 aliphatic heterocycles. The highest BCUT2D eigenvalue weighted by atomic mass is 16.4. The van der Waals surface area contributed by atoms with Gasteiger partial charge < -0.3 is 10.4 Å². The molecular formula is C8H15NO2. The third-order valence-corrected chi connectivity index (χ3v) is 2.15. The van der Waals surface area contributed by atoms with Gasteiger partial charge in [0.25, 0.3) is 0 Å². The lowest BCUT2D eigenvalue weighted by molar-refractivity contribution is -0.136. The molecule has 0 heterocycles. The zero-order valence-corrected chi connectivity index (χ0v) is 6.84. The maximum atomic E-state index is 10.1. The second-order valence-electron chi connectivity index (χ2n) is 3.37. The van der Waals surface area contributed by atoms with E-state index in [9.17, 15) is 4.79 Å². The summed E-state index contributed by atoms with van der Waals surface area (Å²) < 4.78 is 0. The highest BCUT2D eigenvalue weighted by Gasteiger charge is 2.24. The lowest BCUT2D eigenvalue weighted by atomic mass is 9.82. The minimum atomic E-state index is -0.718. The Morgan fingerprint density at radius 2 is 2.27 bits per heavy atom. The molecule has 1 saturated carbocycles. The molecular weight excluding hydrogens is 142 g/mol. The number of carbonyl (C=O) groups is 1. The predicted molar refractivity (Wildman–Crippen MR) is 42.4 cm³/mol. The van der Waals surface area contributed by atoms with Crippen LogP contribution in [0.5, 0.6) is 0 Å². The van der Waals surface area contributed by atoms with E-state index in [-0.39, 0.29) is 6.42 Å². The molecule has 0 saturated heterocycles. The molecule has 0 unspecified atom stereocenters. The van der Waals surface area contributed by atoms with Gasteiger partial charge in [-0.2, -0.15) is 0 Å². The highest BCUT2D eigenvalue weighted by Crippen LogP contribution is 2.25. The zero-order valence-electron chi connectivity index (χ0n) is 6.84. The quantitative estimate of drug-likeness (QED) is 0.636. The first kappa shape index (κ1) is 8.53. The van der Waals surface area contributed by atoms with Crippen LogP contribution in [0.1, 0.15) is 26.2 Å². The molecule has 1 fully saturated rings. The van der Waals surface area contributed by atoms with Crippen LogP contribution in [0.4, 0.5) is 0 Å². The standard InChI is InChI=1S/C8H15NO2/c1-6-4-7(5-6)9-3-2-8(10)11/h6-7,9H,2-5H2,1H3,(H,10,11). The maximum Gasteiger partial charge on any atom is 0.304 e. The molecule has 3 nitrogen and oxygen atoms in total. The molecule has 1 aliphatic carbocycles. The number of hydrogen-bond acceptors (Lipinski definition) is 2. The summed E-state index contributed by atoms with van der Waals surface area (Å²) in [6.07, 6.45) is 2.66. The van der Waals surface area contributed by atoms with E-state index in [1.54, 1.807) is 0 Å². The van der Waals surface area contributed by atoms with Crippen molar-refractivity contribution in [2.45, 2.75) is 32.2 Å². The van der Waals surface area contributed by atoms with Crippen molar-refractivity contribution in [3.63, 3.8) is 0 Å². The minimum Gasteiger partial charge on any atom is -0.481 e. The number of hydrogen-bond donors (Lipinski definition) is 2. The summed E-state index contributed by atoms with van der Waals surface area (Å²) in [6.45, 7) is 2.84. The summed E-state index contributed by atoms with van der Waals surface area (Å²) in [7, 11) is 0. The first-order valence-corrected chi connectivity index (χ1v) is 4.13. The molecule has 0 aromatic rings. The Balaban J connectivity index is 1.92. The van der Waals surface area contributed by atoms with Gasteiger partial charge in [0.2, 0.25) is 0 Å². The summed E-state index contributed by atoms with van der Waals surface area (Å²) in [5, 5.41) is 11.5. The summed E-state index contributed by atoms with van der Waals surface area (Å²) in [6, 6.07) is 0.587. The van der Waals surface area contributed by atoms with Gasteiger partial charge >= 0.3 is 5.97 Å². The molecule has 1 rings (SSSR count). The second-order valence-corrected chi connectivity index (χ2v) is 3.37. The second kappa shape index (κ2) is 3.72. The van der Waals surface area contributed by atoms with Gasteiger partial charge in [-0.25, -0.2) is 0 Å². The Morgan fingerprint density at radius 1 is 1.64 bits per heavy atom. The van der Waals surface area contributed by atoms with Crippen LogP contribution >= 0.6 is 0 Å². The van der Waals surface area contributed by atoms with E-state index < -0.39 is 5.97 Å². The van der Waals surface area contributed by atoms with Crippen LogP contribution in [-0.2, 0) is 4.79 Å². The van der Waals surface area contributed by atoms with Crippen LogP contribution in [0, 0.1) is 5.92 Å². The first-order chi connectivity index (χ1) is 5.18. The van der Waals surface area contributed by atoms with E-state index in [1.807, 2.05) is 0 Å². The number of nitrogens with one attached hydrogen (secondary N) is 1. The van der Waals surface area contributed by atoms with E-state index in [1.165, 1.54) is 12.8 Å². The smallest absolute Gasteiger partial charge is 0.304 e. The number of aliphatic carboxylic acids is 1. The van der Waals surface area contributed by atoms with E-state index >= 15 is 0 Å². The number of rotatable bonds is 4. The minimum absolute atomic E-state index is 0.241. The predicted octanol–water partition coefficient (Wildman–Crippen LogP) is 0.849. The van der Waals surface area contributed by atoms with Gasteiger partial charge in [0.15, 0.2) is 0 Å². The Labute approximate surface area is 66.8 Å². The van der Waals surface area contributed by atoms with Crippen molar-refractivity contribution in [2.75, 3.05) is 6.54 Å². The molecule has 1 aliphatic rings. The molecule has 11 heavy (non-hydrogen) atoms. The third kappa shape index (κ3) is 2.89. The lowest BCUT2D eigenvalue weighted by Gasteiger charge is -2.33. The van der Waals surface area contributed by atoms with E-state index in [0.29, 0.717) is 12.6 Å². The number of carboxylic acid groups (broad SMARTS) is 1. The van der Waals surface area contributed by atoms with E-state index in [4.69, 9.17) is 5.11 Å². The van der Waals surface area contributed by atoms with Gasteiger partial charge in [-0.15, -0.1) is 0 Å². The van der Waals surface area contributed by atoms with Crippen molar-refractivity contribution in [1.82, 2.24) is 5.32 Å². The molecule has 64 valence electrons. The van der Waals surface area contributed by atoms with Crippen molar-refractivity contribution in [1.29, 1.82) is 0 Å². The monoisotopic (exact) mass is 157 g/mol. The SMILES string of the molecule is CC1CC(NCCC(=O)O)C1. The normalized spacial score (nSPS) is 29.5. The fourth-order valence-corrected chi connectivity index (χ4v) is 1.45. The largest absolute Gasteiger partial charge is 0.481 e. The van der Waals surface area contributed by atoms with Crippen molar-refractivity contribution in [3.8, 4) is 0 Å². The molecule has 2 N–H and O–H groups in total. The highest BCUT2D eigenvalue weighted by molar-refractivity contribution is 5.66. The van der Waals surface area contributed by atoms with Crippen LogP contribution in [0.25, 0.3) is 0 Å². The lowest BCUT2D eigenvalue weighted by Crippen LogP contribution is -2.40. The topological polar surface area (TPSA) is 49.3 Å². The van der Waals surface area contributed by atoms with Crippen molar-refractivity contribution >= 4 is 5.97 Å². The van der Waals surface area contributed by atoms with Gasteiger partial charge in [-0.05, 0) is 18.8 Å². The summed E-state index contributed by atoms with van der Waals surface area (Å²) in [5.74, 6) is 0.113. The molecule has 0 spiro atoms. The molecule has 0 aromatic carbocycles. The van der Waals surface area contributed by atoms with Crippen molar-refractivity contribution in [3.05, 3.63) is 0 Å². The molecule has 0 bridgehead atoms. The number of carboxylic acids is 1. The van der Waals surface area contributed by atoms with Crippen LogP contribution in [0.2, 0.25) is 0 Å². The Bertz CT molecular complexity index is 141. The maximum absolute atomic E-state index is 10.1. The van der Waals surface area contributed by atoms with E-state index in [2.05, 4.69) is 12.2 Å². The Morgan fingerprint density at radius 3 is 2.73 bits per heavy atom. The average Bonchev–Trinajstić information content (AvgIpc) is 1.83. The van der Waals surface area contributed by atoms with Crippen molar-refractivity contribution < 1.29 is 9.90 Å². The average molecular weight is 157 g/mol. The molecule has 0 atom stereocenters. The molecule has 0 aromatic heterocycles. The van der Waals surface area contributed by atoms with Gasteiger partial charge in [-0.1, -0.05) is 6.92 Å².